The number of piperazine rings is 1. The molecule has 7 nitrogen and oxygen atoms in total. The summed E-state index contributed by atoms with van der Waals surface area (Å²) >= 11 is 0. The second-order valence-corrected chi connectivity index (χ2v) is 4.91. The molecule has 0 spiro atoms. The normalized spacial score (nSPS) is 20.0. The van der Waals surface area contributed by atoms with E-state index >= 15 is 0 Å². The van der Waals surface area contributed by atoms with Gasteiger partial charge in [-0.3, -0.25) is 4.90 Å². The molecule has 21 heavy (non-hydrogen) atoms. The fourth-order valence-corrected chi connectivity index (χ4v) is 1.85. The van der Waals surface area contributed by atoms with Gasteiger partial charge in [0.15, 0.2) is 0 Å². The lowest BCUT2D eigenvalue weighted by molar-refractivity contribution is -0.203. The van der Waals surface area contributed by atoms with E-state index in [0.29, 0.717) is 26.6 Å². The van der Waals surface area contributed by atoms with Crippen LogP contribution in [0.3, 0.4) is 0 Å². The molecule has 1 fully saturated rings. The van der Waals surface area contributed by atoms with Gasteiger partial charge in [0.05, 0.1) is 6.61 Å². The van der Waals surface area contributed by atoms with Crippen molar-refractivity contribution in [3.63, 3.8) is 0 Å². The van der Waals surface area contributed by atoms with E-state index in [4.69, 9.17) is 10.2 Å². The topological polar surface area (TPSA) is 93.1 Å². The number of hydrogen-bond acceptors (Lipinski definition) is 4. The van der Waals surface area contributed by atoms with Gasteiger partial charge in [-0.25, -0.2) is 9.59 Å². The van der Waals surface area contributed by atoms with E-state index in [9.17, 15) is 22.8 Å². The van der Waals surface area contributed by atoms with Crippen molar-refractivity contribution < 1.29 is 33.0 Å². The molecule has 1 aliphatic heterocycles. The number of β-amino-alcohol motifs (C(OH)–C–C–N with tert-alkyl or cyclic N) is 1. The first-order valence-electron chi connectivity index (χ1n) is 6.32. The third-order valence-electron chi connectivity index (χ3n) is 3.43. The molecule has 0 saturated carbocycles. The summed E-state index contributed by atoms with van der Waals surface area (Å²) < 4.78 is 38.4. The van der Waals surface area contributed by atoms with Crippen molar-refractivity contribution in [2.24, 2.45) is 0 Å². The number of amides is 2. The third-order valence-corrected chi connectivity index (χ3v) is 3.43. The monoisotopic (exact) mass is 313 g/mol. The number of alkyl halides is 3. The molecule has 1 rings (SSSR count). The van der Waals surface area contributed by atoms with Crippen LogP contribution in [0.1, 0.15) is 6.92 Å². The first kappa shape index (κ1) is 17.5. The van der Waals surface area contributed by atoms with E-state index in [1.54, 1.807) is 5.32 Å². The molecule has 1 atom stereocenters. The van der Waals surface area contributed by atoms with Crippen molar-refractivity contribution in [1.29, 1.82) is 0 Å². The summed E-state index contributed by atoms with van der Waals surface area (Å²) in [5.74, 6) is -2.16. The Bertz CT molecular complexity index is 397. The van der Waals surface area contributed by atoms with Crippen LogP contribution in [-0.2, 0) is 4.79 Å². The van der Waals surface area contributed by atoms with Crippen molar-refractivity contribution in [2.75, 3.05) is 39.3 Å². The van der Waals surface area contributed by atoms with Crippen molar-refractivity contribution in [3.8, 4) is 0 Å². The number of aliphatic hydroxyl groups excluding tert-OH is 1. The van der Waals surface area contributed by atoms with Crippen molar-refractivity contribution in [1.82, 2.24) is 15.1 Å². The van der Waals surface area contributed by atoms with Crippen molar-refractivity contribution >= 4 is 12.0 Å². The highest BCUT2D eigenvalue weighted by Gasteiger charge is 2.58. The van der Waals surface area contributed by atoms with Crippen LogP contribution in [0, 0.1) is 0 Å². The summed E-state index contributed by atoms with van der Waals surface area (Å²) in [5.41, 5.74) is -3.33. The molecule has 3 N–H and O–H groups in total. The quantitative estimate of drug-likeness (QED) is 0.663. The molecule has 0 aromatic carbocycles. The Morgan fingerprint density at radius 1 is 1.19 bits per heavy atom. The molecular weight excluding hydrogens is 295 g/mol. The van der Waals surface area contributed by atoms with Crippen LogP contribution in [0.5, 0.6) is 0 Å². The maximum atomic E-state index is 12.8. The predicted molar refractivity (Wildman–Crippen MR) is 65.7 cm³/mol. The van der Waals surface area contributed by atoms with Gasteiger partial charge in [0, 0.05) is 32.7 Å². The van der Waals surface area contributed by atoms with Gasteiger partial charge < -0.3 is 20.4 Å². The Kier molecular flexibility index (Phi) is 5.40. The van der Waals surface area contributed by atoms with Crippen LogP contribution < -0.4 is 5.32 Å². The minimum atomic E-state index is -5.10. The van der Waals surface area contributed by atoms with Gasteiger partial charge in [-0.05, 0) is 6.92 Å². The van der Waals surface area contributed by atoms with Gasteiger partial charge >= 0.3 is 18.2 Å². The van der Waals surface area contributed by atoms with Crippen LogP contribution in [0.2, 0.25) is 0 Å². The molecule has 0 radical (unpaired) electrons. The zero-order valence-electron chi connectivity index (χ0n) is 11.5. The number of carboxylic acids is 1. The van der Waals surface area contributed by atoms with E-state index in [0.717, 1.165) is 4.90 Å². The molecule has 2 amide bonds. The van der Waals surface area contributed by atoms with E-state index < -0.39 is 23.7 Å². The summed E-state index contributed by atoms with van der Waals surface area (Å²) in [5, 5.41) is 19.1. The number of nitrogens with zero attached hydrogens (tertiary/aromatic N) is 2. The molecule has 1 saturated heterocycles. The summed E-state index contributed by atoms with van der Waals surface area (Å²) in [6.45, 7) is 1.93. The van der Waals surface area contributed by atoms with Gasteiger partial charge in [-0.1, -0.05) is 0 Å². The van der Waals surface area contributed by atoms with Gasteiger partial charge in [0.2, 0.25) is 5.54 Å². The second kappa shape index (κ2) is 6.48. The number of urea groups is 1. The number of carbonyl (C=O) groups excluding carboxylic acids is 1. The predicted octanol–water partition coefficient (Wildman–Crippen LogP) is -0.288. The third kappa shape index (κ3) is 3.97. The van der Waals surface area contributed by atoms with Crippen molar-refractivity contribution in [2.45, 2.75) is 18.6 Å². The highest BCUT2D eigenvalue weighted by Crippen LogP contribution is 2.30. The van der Waals surface area contributed by atoms with Crippen LogP contribution in [0.25, 0.3) is 0 Å². The fraction of sp³-hybridized carbons (Fsp3) is 0.818. The summed E-state index contributed by atoms with van der Waals surface area (Å²) in [6, 6.07) is -1.07. The van der Waals surface area contributed by atoms with E-state index in [-0.39, 0.29) is 19.7 Å². The number of aliphatic hydroxyl groups is 1. The largest absolute Gasteiger partial charge is 0.479 e. The smallest absolute Gasteiger partial charge is 0.422 e. The fourth-order valence-electron chi connectivity index (χ4n) is 1.85. The number of hydrogen-bond donors (Lipinski definition) is 3. The van der Waals surface area contributed by atoms with Crippen LogP contribution in [0.4, 0.5) is 18.0 Å². The maximum Gasteiger partial charge on any atom is 0.422 e. The van der Waals surface area contributed by atoms with E-state index in [1.165, 1.54) is 0 Å². The minimum Gasteiger partial charge on any atom is -0.479 e. The lowest BCUT2D eigenvalue weighted by atomic mass is 10.0. The molecule has 122 valence electrons. The average Bonchev–Trinajstić information content (AvgIpc) is 2.38. The Hall–Kier alpha value is -1.55. The van der Waals surface area contributed by atoms with Crippen LogP contribution in [0.15, 0.2) is 0 Å². The number of carbonyl (C=O) groups is 2. The molecule has 0 aromatic rings. The molecule has 0 aliphatic carbocycles. The number of nitrogens with one attached hydrogen (secondary N) is 1. The number of aliphatic carboxylic acids is 1. The van der Waals surface area contributed by atoms with Crippen LogP contribution >= 0.6 is 0 Å². The minimum absolute atomic E-state index is 0.0443. The second-order valence-electron chi connectivity index (χ2n) is 4.91. The Morgan fingerprint density at radius 3 is 2.10 bits per heavy atom. The Labute approximate surface area is 119 Å². The van der Waals surface area contributed by atoms with Gasteiger partial charge in [0.25, 0.3) is 0 Å². The van der Waals surface area contributed by atoms with Gasteiger partial charge in [0.1, 0.15) is 0 Å². The zero-order chi connectivity index (χ0) is 16.3. The van der Waals surface area contributed by atoms with E-state index in [2.05, 4.69) is 0 Å². The summed E-state index contributed by atoms with van der Waals surface area (Å²) in [7, 11) is 0. The molecule has 1 unspecified atom stereocenters. The highest BCUT2D eigenvalue weighted by molar-refractivity contribution is 5.86. The van der Waals surface area contributed by atoms with Crippen LogP contribution in [-0.4, -0.2) is 83.1 Å². The summed E-state index contributed by atoms with van der Waals surface area (Å²) in [6.07, 6.45) is -5.10. The maximum absolute atomic E-state index is 12.8. The zero-order valence-corrected chi connectivity index (χ0v) is 11.5. The number of carboxylic acid groups (broad SMARTS) is 1. The lowest BCUT2D eigenvalue weighted by Gasteiger charge is -2.37. The lowest BCUT2D eigenvalue weighted by Crippen LogP contribution is -2.65. The Balaban J connectivity index is 2.66. The van der Waals surface area contributed by atoms with Gasteiger partial charge in [-0.2, -0.15) is 13.2 Å². The molecule has 0 bridgehead atoms. The number of halogens is 3. The first-order valence-corrected chi connectivity index (χ1v) is 6.32. The van der Waals surface area contributed by atoms with E-state index in [1.807, 2.05) is 4.90 Å². The SMILES string of the molecule is CC(NC(=O)N1CCN(CCO)CC1)(C(=O)O)C(F)(F)F. The molecule has 10 heteroatoms. The molecular formula is C11H18F3N3O4. The molecule has 1 aliphatic rings. The first-order chi connectivity index (χ1) is 9.61. The summed E-state index contributed by atoms with van der Waals surface area (Å²) in [4.78, 5) is 25.6. The Morgan fingerprint density at radius 2 is 1.71 bits per heavy atom. The van der Waals surface area contributed by atoms with Gasteiger partial charge in [-0.15, -0.1) is 0 Å². The standard InChI is InChI=1S/C11H18F3N3O4/c1-10(8(19)20,11(12,13)14)15-9(21)17-4-2-16(3-5-17)6-7-18/h18H,2-7H2,1H3,(H,15,21)(H,19,20). The molecule has 1 heterocycles. The van der Waals surface area contributed by atoms with Crippen molar-refractivity contribution in [3.05, 3.63) is 0 Å². The highest BCUT2D eigenvalue weighted by atomic mass is 19.4. The molecule has 0 aromatic heterocycles. The number of rotatable bonds is 4. The average molecular weight is 313 g/mol.